The Morgan fingerprint density at radius 1 is 1.19 bits per heavy atom. The first kappa shape index (κ1) is 17.0. The minimum atomic E-state index is -4.51. The lowest BCUT2D eigenvalue weighted by Gasteiger charge is -2.17. The lowest BCUT2D eigenvalue weighted by Crippen LogP contribution is -2.30. The fraction of sp³-hybridized carbons (Fsp3) is 0.429. The lowest BCUT2D eigenvalue weighted by molar-refractivity contribution is -0.145. The SMILES string of the molecule is Cc1ccc(NC(=O)C(C)C(C)C(=O)O)cc1C(F)(F)F. The summed E-state index contributed by atoms with van der Waals surface area (Å²) in [7, 11) is 0. The number of nitrogens with one attached hydrogen (secondary N) is 1. The summed E-state index contributed by atoms with van der Waals surface area (Å²) in [5.41, 5.74) is -0.797. The van der Waals surface area contributed by atoms with Gasteiger partial charge in [0.05, 0.1) is 11.5 Å². The summed E-state index contributed by atoms with van der Waals surface area (Å²) in [6, 6.07) is 3.44. The minimum absolute atomic E-state index is 0.0117. The number of anilines is 1. The van der Waals surface area contributed by atoms with Crippen LogP contribution in [0.1, 0.15) is 25.0 Å². The summed E-state index contributed by atoms with van der Waals surface area (Å²) in [6.07, 6.45) is -4.51. The molecular formula is C14H16F3NO3. The molecule has 1 aromatic rings. The molecule has 0 aliphatic heterocycles. The number of carbonyl (C=O) groups is 2. The van der Waals surface area contributed by atoms with E-state index in [1.54, 1.807) is 0 Å². The molecule has 1 amide bonds. The molecule has 0 aliphatic carbocycles. The Hall–Kier alpha value is -2.05. The van der Waals surface area contributed by atoms with E-state index in [-0.39, 0.29) is 11.3 Å². The number of carboxylic acid groups (broad SMARTS) is 1. The van der Waals surface area contributed by atoms with Gasteiger partial charge in [0.15, 0.2) is 0 Å². The number of aliphatic carboxylic acids is 1. The molecule has 0 bridgehead atoms. The molecule has 1 aromatic carbocycles. The summed E-state index contributed by atoms with van der Waals surface area (Å²) >= 11 is 0. The number of amides is 1. The Balaban J connectivity index is 2.94. The predicted molar refractivity (Wildman–Crippen MR) is 70.8 cm³/mol. The van der Waals surface area contributed by atoms with Crippen LogP contribution < -0.4 is 5.32 Å². The Kier molecular flexibility index (Phi) is 4.98. The van der Waals surface area contributed by atoms with Crippen molar-refractivity contribution in [2.75, 3.05) is 5.32 Å². The third-order valence-electron chi connectivity index (χ3n) is 3.36. The van der Waals surface area contributed by atoms with Crippen molar-refractivity contribution >= 4 is 17.6 Å². The molecule has 0 heterocycles. The molecule has 0 aliphatic rings. The van der Waals surface area contributed by atoms with Crippen LogP contribution in [-0.2, 0) is 15.8 Å². The smallest absolute Gasteiger partial charge is 0.416 e. The standard InChI is InChI=1S/C14H16F3NO3/c1-7-4-5-10(6-11(7)14(15,16)17)18-12(19)8(2)9(3)13(20)21/h4-6,8-9H,1-3H3,(H,18,19)(H,20,21). The number of carboxylic acids is 1. The molecule has 0 fully saturated rings. The van der Waals surface area contributed by atoms with Crippen LogP contribution in [-0.4, -0.2) is 17.0 Å². The second-order valence-corrected chi connectivity index (χ2v) is 4.93. The Bertz CT molecular complexity index is 555. The second kappa shape index (κ2) is 6.15. The van der Waals surface area contributed by atoms with Gasteiger partial charge in [0, 0.05) is 11.6 Å². The monoisotopic (exact) mass is 303 g/mol. The summed E-state index contributed by atoms with van der Waals surface area (Å²) in [4.78, 5) is 22.6. The van der Waals surface area contributed by atoms with Crippen molar-refractivity contribution in [3.8, 4) is 0 Å². The van der Waals surface area contributed by atoms with E-state index in [1.807, 2.05) is 0 Å². The van der Waals surface area contributed by atoms with E-state index < -0.39 is 35.5 Å². The van der Waals surface area contributed by atoms with Crippen LogP contribution in [0, 0.1) is 18.8 Å². The molecule has 0 spiro atoms. The first-order chi connectivity index (χ1) is 9.54. The summed E-state index contributed by atoms with van der Waals surface area (Å²) < 4.78 is 38.3. The minimum Gasteiger partial charge on any atom is -0.481 e. The molecule has 116 valence electrons. The van der Waals surface area contributed by atoms with Crippen molar-refractivity contribution < 1.29 is 27.9 Å². The van der Waals surface area contributed by atoms with Gasteiger partial charge in [-0.25, -0.2) is 0 Å². The van der Waals surface area contributed by atoms with E-state index in [2.05, 4.69) is 5.32 Å². The van der Waals surface area contributed by atoms with E-state index in [1.165, 1.54) is 32.9 Å². The summed E-state index contributed by atoms with van der Waals surface area (Å²) in [5, 5.41) is 11.1. The quantitative estimate of drug-likeness (QED) is 0.896. The number of aryl methyl sites for hydroxylation is 1. The Labute approximate surface area is 120 Å². The second-order valence-electron chi connectivity index (χ2n) is 4.93. The number of halogens is 3. The molecular weight excluding hydrogens is 287 g/mol. The summed E-state index contributed by atoms with van der Waals surface area (Å²) in [6.45, 7) is 4.10. The molecule has 2 N–H and O–H groups in total. The number of carbonyl (C=O) groups excluding carboxylic acids is 1. The van der Waals surface area contributed by atoms with Crippen molar-refractivity contribution in [2.24, 2.45) is 11.8 Å². The van der Waals surface area contributed by atoms with Crippen LogP contribution in [0.15, 0.2) is 18.2 Å². The van der Waals surface area contributed by atoms with Crippen molar-refractivity contribution in [1.29, 1.82) is 0 Å². The van der Waals surface area contributed by atoms with E-state index in [9.17, 15) is 22.8 Å². The first-order valence-electron chi connectivity index (χ1n) is 6.25. The lowest BCUT2D eigenvalue weighted by atomic mass is 9.95. The van der Waals surface area contributed by atoms with Gasteiger partial charge in [0.25, 0.3) is 0 Å². The van der Waals surface area contributed by atoms with E-state index in [4.69, 9.17) is 5.11 Å². The number of hydrogen-bond acceptors (Lipinski definition) is 2. The van der Waals surface area contributed by atoms with E-state index >= 15 is 0 Å². The molecule has 0 saturated carbocycles. The fourth-order valence-corrected chi connectivity index (χ4v) is 1.70. The van der Waals surface area contributed by atoms with Gasteiger partial charge in [-0.05, 0) is 24.6 Å². The maximum absolute atomic E-state index is 12.8. The van der Waals surface area contributed by atoms with Gasteiger partial charge in [-0.15, -0.1) is 0 Å². The number of alkyl halides is 3. The van der Waals surface area contributed by atoms with Crippen LogP contribution in [0.4, 0.5) is 18.9 Å². The molecule has 2 atom stereocenters. The zero-order chi connectivity index (χ0) is 16.4. The molecule has 0 saturated heterocycles. The number of benzene rings is 1. The van der Waals surface area contributed by atoms with E-state index in [0.29, 0.717) is 0 Å². The van der Waals surface area contributed by atoms with Gasteiger partial charge in [-0.3, -0.25) is 9.59 Å². The highest BCUT2D eigenvalue weighted by Crippen LogP contribution is 2.33. The molecule has 0 radical (unpaired) electrons. The average Bonchev–Trinajstić information content (AvgIpc) is 2.37. The topological polar surface area (TPSA) is 66.4 Å². The Morgan fingerprint density at radius 3 is 2.24 bits per heavy atom. The van der Waals surface area contributed by atoms with Crippen LogP contribution in [0.5, 0.6) is 0 Å². The highest BCUT2D eigenvalue weighted by molar-refractivity contribution is 5.94. The van der Waals surface area contributed by atoms with Crippen LogP contribution in [0.3, 0.4) is 0 Å². The van der Waals surface area contributed by atoms with Gasteiger partial charge < -0.3 is 10.4 Å². The van der Waals surface area contributed by atoms with Crippen molar-refractivity contribution in [3.63, 3.8) is 0 Å². The molecule has 1 rings (SSSR count). The van der Waals surface area contributed by atoms with Gasteiger partial charge >= 0.3 is 12.1 Å². The third-order valence-corrected chi connectivity index (χ3v) is 3.36. The number of rotatable bonds is 4. The van der Waals surface area contributed by atoms with Crippen LogP contribution in [0.2, 0.25) is 0 Å². The molecule has 2 unspecified atom stereocenters. The van der Waals surface area contributed by atoms with Gasteiger partial charge in [0.1, 0.15) is 0 Å². The largest absolute Gasteiger partial charge is 0.481 e. The van der Waals surface area contributed by atoms with E-state index in [0.717, 1.165) is 6.07 Å². The maximum atomic E-state index is 12.8. The first-order valence-corrected chi connectivity index (χ1v) is 6.25. The Morgan fingerprint density at radius 2 is 1.76 bits per heavy atom. The zero-order valence-electron chi connectivity index (χ0n) is 11.8. The zero-order valence-corrected chi connectivity index (χ0v) is 11.8. The van der Waals surface area contributed by atoms with Crippen molar-refractivity contribution in [1.82, 2.24) is 0 Å². The molecule has 0 aromatic heterocycles. The number of hydrogen-bond donors (Lipinski definition) is 2. The normalized spacial score (nSPS) is 14.4. The third kappa shape index (κ3) is 4.21. The average molecular weight is 303 g/mol. The fourth-order valence-electron chi connectivity index (χ4n) is 1.70. The molecule has 21 heavy (non-hydrogen) atoms. The summed E-state index contributed by atoms with van der Waals surface area (Å²) in [5.74, 6) is -3.57. The van der Waals surface area contributed by atoms with Gasteiger partial charge in [0.2, 0.25) is 5.91 Å². The maximum Gasteiger partial charge on any atom is 0.416 e. The van der Waals surface area contributed by atoms with Crippen molar-refractivity contribution in [3.05, 3.63) is 29.3 Å². The van der Waals surface area contributed by atoms with Crippen LogP contribution in [0.25, 0.3) is 0 Å². The predicted octanol–water partition coefficient (Wildman–Crippen LogP) is 3.31. The van der Waals surface area contributed by atoms with Gasteiger partial charge in [-0.1, -0.05) is 19.9 Å². The molecule has 4 nitrogen and oxygen atoms in total. The highest BCUT2D eigenvalue weighted by Gasteiger charge is 2.33. The van der Waals surface area contributed by atoms with Gasteiger partial charge in [-0.2, -0.15) is 13.2 Å². The van der Waals surface area contributed by atoms with Crippen molar-refractivity contribution in [2.45, 2.75) is 26.9 Å². The van der Waals surface area contributed by atoms with Crippen LogP contribution >= 0.6 is 0 Å². The highest BCUT2D eigenvalue weighted by atomic mass is 19.4. The molecule has 7 heteroatoms.